The van der Waals surface area contributed by atoms with Gasteiger partial charge in [0.25, 0.3) is 0 Å². The van der Waals surface area contributed by atoms with E-state index in [-0.39, 0.29) is 17.5 Å². The quantitative estimate of drug-likeness (QED) is 0.902. The fourth-order valence-electron chi connectivity index (χ4n) is 2.11. The zero-order chi connectivity index (χ0) is 13.8. The molecule has 0 bridgehead atoms. The molecule has 3 N–H and O–H groups in total. The van der Waals surface area contributed by atoms with Crippen LogP contribution in [0.5, 0.6) is 0 Å². The second-order valence-electron chi connectivity index (χ2n) is 4.34. The summed E-state index contributed by atoms with van der Waals surface area (Å²) in [5.74, 6) is -0.859. The van der Waals surface area contributed by atoms with E-state index in [4.69, 9.17) is 17.3 Å². The molecule has 0 aromatic heterocycles. The van der Waals surface area contributed by atoms with Crippen LogP contribution in [0.4, 0.5) is 4.39 Å². The van der Waals surface area contributed by atoms with Crippen molar-refractivity contribution in [3.8, 4) is 0 Å². The Morgan fingerprint density at radius 3 is 2.42 bits per heavy atom. The van der Waals surface area contributed by atoms with Crippen LogP contribution in [0, 0.1) is 5.82 Å². The van der Waals surface area contributed by atoms with E-state index in [0.29, 0.717) is 5.56 Å². The Balaban J connectivity index is 2.36. The molecule has 0 aliphatic carbocycles. The van der Waals surface area contributed by atoms with Gasteiger partial charge < -0.3 is 10.8 Å². The lowest BCUT2D eigenvalue weighted by molar-refractivity contribution is 0.147. The Morgan fingerprint density at radius 2 is 1.79 bits per heavy atom. The lowest BCUT2D eigenvalue weighted by atomic mass is 9.89. The molecule has 0 spiro atoms. The molecule has 100 valence electrons. The highest BCUT2D eigenvalue weighted by Crippen LogP contribution is 2.34. The summed E-state index contributed by atoms with van der Waals surface area (Å²) in [7, 11) is 0. The second kappa shape index (κ2) is 6.15. The van der Waals surface area contributed by atoms with Crippen molar-refractivity contribution < 1.29 is 9.50 Å². The highest BCUT2D eigenvalue weighted by Gasteiger charge is 2.24. The molecule has 0 aliphatic rings. The number of nitrogens with two attached hydrogens (primary N) is 1. The SMILES string of the molecule is NCC(c1ccccc1)C(O)c1cccc(F)c1Cl. The zero-order valence-corrected chi connectivity index (χ0v) is 11.0. The number of rotatable bonds is 4. The minimum Gasteiger partial charge on any atom is -0.388 e. The lowest BCUT2D eigenvalue weighted by Gasteiger charge is -2.23. The molecule has 19 heavy (non-hydrogen) atoms. The molecule has 2 atom stereocenters. The van der Waals surface area contributed by atoms with E-state index in [1.807, 2.05) is 30.3 Å². The first-order chi connectivity index (χ1) is 9.15. The molecule has 2 nitrogen and oxygen atoms in total. The Kier molecular flexibility index (Phi) is 4.53. The van der Waals surface area contributed by atoms with Gasteiger partial charge in [-0.3, -0.25) is 0 Å². The van der Waals surface area contributed by atoms with Gasteiger partial charge in [-0.2, -0.15) is 0 Å². The Morgan fingerprint density at radius 1 is 1.11 bits per heavy atom. The van der Waals surface area contributed by atoms with Gasteiger partial charge in [0, 0.05) is 18.0 Å². The first kappa shape index (κ1) is 14.0. The van der Waals surface area contributed by atoms with E-state index in [9.17, 15) is 9.50 Å². The van der Waals surface area contributed by atoms with Crippen LogP contribution in [-0.2, 0) is 0 Å². The van der Waals surface area contributed by atoms with Crippen LogP contribution >= 0.6 is 11.6 Å². The van der Waals surface area contributed by atoms with E-state index < -0.39 is 11.9 Å². The summed E-state index contributed by atoms with van der Waals surface area (Å²) in [5, 5.41) is 10.4. The van der Waals surface area contributed by atoms with Crippen LogP contribution in [0.3, 0.4) is 0 Å². The van der Waals surface area contributed by atoms with Gasteiger partial charge in [0.05, 0.1) is 11.1 Å². The normalized spacial score (nSPS) is 14.1. The first-order valence-corrected chi connectivity index (χ1v) is 6.40. The van der Waals surface area contributed by atoms with Crippen LogP contribution < -0.4 is 5.73 Å². The van der Waals surface area contributed by atoms with Gasteiger partial charge >= 0.3 is 0 Å². The van der Waals surface area contributed by atoms with E-state index in [2.05, 4.69) is 0 Å². The van der Waals surface area contributed by atoms with Crippen LogP contribution in [0.15, 0.2) is 48.5 Å². The first-order valence-electron chi connectivity index (χ1n) is 6.02. The van der Waals surface area contributed by atoms with E-state index >= 15 is 0 Å². The summed E-state index contributed by atoms with van der Waals surface area (Å²) in [6, 6.07) is 13.8. The number of hydrogen-bond acceptors (Lipinski definition) is 2. The van der Waals surface area contributed by atoms with Crippen LogP contribution in [0.1, 0.15) is 23.1 Å². The number of halogens is 2. The monoisotopic (exact) mass is 279 g/mol. The summed E-state index contributed by atoms with van der Waals surface area (Å²) in [6.07, 6.45) is -0.935. The average molecular weight is 280 g/mol. The van der Waals surface area contributed by atoms with Crippen molar-refractivity contribution in [2.45, 2.75) is 12.0 Å². The van der Waals surface area contributed by atoms with E-state index in [1.165, 1.54) is 12.1 Å². The summed E-state index contributed by atoms with van der Waals surface area (Å²) in [5.41, 5.74) is 7.00. The van der Waals surface area contributed by atoms with Gasteiger partial charge in [-0.25, -0.2) is 4.39 Å². The van der Waals surface area contributed by atoms with Crippen molar-refractivity contribution in [2.75, 3.05) is 6.54 Å². The Hall–Kier alpha value is -1.42. The maximum Gasteiger partial charge on any atom is 0.142 e. The summed E-state index contributed by atoms with van der Waals surface area (Å²) >= 11 is 5.90. The average Bonchev–Trinajstić information content (AvgIpc) is 2.44. The van der Waals surface area contributed by atoms with Crippen molar-refractivity contribution in [1.29, 1.82) is 0 Å². The molecular weight excluding hydrogens is 265 g/mol. The van der Waals surface area contributed by atoms with Gasteiger partial charge in [0.15, 0.2) is 0 Å². The Bertz CT molecular complexity index is 547. The molecule has 0 aliphatic heterocycles. The number of hydrogen-bond donors (Lipinski definition) is 2. The minimum atomic E-state index is -0.935. The van der Waals surface area contributed by atoms with Gasteiger partial charge in [-0.15, -0.1) is 0 Å². The van der Waals surface area contributed by atoms with Gasteiger partial charge in [-0.1, -0.05) is 54.1 Å². The molecule has 2 aromatic rings. The van der Waals surface area contributed by atoms with Crippen LogP contribution in [0.2, 0.25) is 5.02 Å². The molecule has 0 saturated heterocycles. The van der Waals surface area contributed by atoms with Crippen molar-refractivity contribution in [3.63, 3.8) is 0 Å². The molecule has 2 aromatic carbocycles. The number of aliphatic hydroxyl groups is 1. The molecule has 0 amide bonds. The third-order valence-corrected chi connectivity index (χ3v) is 3.56. The largest absolute Gasteiger partial charge is 0.388 e. The standard InChI is InChI=1S/C15H15ClFNO/c16-14-11(7-4-8-13(14)17)15(19)12(9-18)10-5-2-1-3-6-10/h1-8,12,15,19H,9,18H2. The van der Waals surface area contributed by atoms with Gasteiger partial charge in [0.2, 0.25) is 0 Å². The summed E-state index contributed by atoms with van der Waals surface area (Å²) < 4.78 is 13.4. The Labute approximate surface area is 116 Å². The summed E-state index contributed by atoms with van der Waals surface area (Å²) in [4.78, 5) is 0. The molecule has 0 saturated carbocycles. The minimum absolute atomic E-state index is 0.0515. The van der Waals surface area contributed by atoms with Crippen molar-refractivity contribution in [2.24, 2.45) is 5.73 Å². The highest BCUT2D eigenvalue weighted by atomic mass is 35.5. The van der Waals surface area contributed by atoms with Crippen LogP contribution in [0.25, 0.3) is 0 Å². The fraction of sp³-hybridized carbons (Fsp3) is 0.200. The van der Waals surface area contributed by atoms with Crippen molar-refractivity contribution in [3.05, 3.63) is 70.5 Å². The summed E-state index contributed by atoms with van der Waals surface area (Å²) in [6.45, 7) is 0.248. The molecule has 0 heterocycles. The third-order valence-electron chi connectivity index (χ3n) is 3.16. The number of benzene rings is 2. The predicted octanol–water partition coefficient (Wildman–Crippen LogP) is 3.26. The predicted molar refractivity (Wildman–Crippen MR) is 74.6 cm³/mol. The lowest BCUT2D eigenvalue weighted by Crippen LogP contribution is -2.20. The molecule has 2 rings (SSSR count). The molecule has 4 heteroatoms. The van der Waals surface area contributed by atoms with Crippen LogP contribution in [-0.4, -0.2) is 11.7 Å². The molecule has 0 fully saturated rings. The van der Waals surface area contributed by atoms with Crippen molar-refractivity contribution in [1.82, 2.24) is 0 Å². The van der Waals surface area contributed by atoms with E-state index in [1.54, 1.807) is 6.07 Å². The maximum atomic E-state index is 13.4. The number of aliphatic hydroxyl groups excluding tert-OH is 1. The third kappa shape index (κ3) is 2.95. The topological polar surface area (TPSA) is 46.2 Å². The maximum absolute atomic E-state index is 13.4. The van der Waals surface area contributed by atoms with Crippen molar-refractivity contribution >= 4 is 11.6 Å². The second-order valence-corrected chi connectivity index (χ2v) is 4.72. The van der Waals surface area contributed by atoms with E-state index in [0.717, 1.165) is 5.56 Å². The molecule has 0 radical (unpaired) electrons. The zero-order valence-electron chi connectivity index (χ0n) is 10.3. The fourth-order valence-corrected chi connectivity index (χ4v) is 2.35. The van der Waals surface area contributed by atoms with Gasteiger partial charge in [-0.05, 0) is 11.6 Å². The van der Waals surface area contributed by atoms with Gasteiger partial charge in [0.1, 0.15) is 5.82 Å². The molecule has 2 unspecified atom stereocenters. The smallest absolute Gasteiger partial charge is 0.142 e. The highest BCUT2D eigenvalue weighted by molar-refractivity contribution is 6.31. The molecular formula is C15H15ClFNO.